The third kappa shape index (κ3) is 3.43. The monoisotopic (exact) mass is 255 g/mol. The fourth-order valence-electron chi connectivity index (χ4n) is 1.67. The van der Waals surface area contributed by atoms with Crippen molar-refractivity contribution >= 4 is 5.97 Å². The van der Waals surface area contributed by atoms with E-state index in [4.69, 9.17) is 9.84 Å². The first-order valence-electron chi connectivity index (χ1n) is 5.72. The van der Waals surface area contributed by atoms with Gasteiger partial charge in [0.25, 0.3) is 0 Å². The van der Waals surface area contributed by atoms with Crippen LogP contribution in [0.5, 0.6) is 5.75 Å². The molecule has 2 atom stereocenters. The molecule has 0 aliphatic rings. The highest BCUT2D eigenvalue weighted by Crippen LogP contribution is 2.21. The van der Waals surface area contributed by atoms with Gasteiger partial charge in [-0.1, -0.05) is 12.1 Å². The molecular weight excluding hydrogens is 237 g/mol. The first-order valence-corrected chi connectivity index (χ1v) is 5.72. The van der Waals surface area contributed by atoms with Crippen LogP contribution in [0.1, 0.15) is 20.3 Å². The molecule has 0 saturated carbocycles. The van der Waals surface area contributed by atoms with Gasteiger partial charge in [0.15, 0.2) is 11.6 Å². The third-order valence-corrected chi connectivity index (χ3v) is 2.88. The molecule has 1 aromatic carbocycles. The summed E-state index contributed by atoms with van der Waals surface area (Å²) in [5.74, 6) is -1.28. The van der Waals surface area contributed by atoms with E-state index < -0.39 is 23.4 Å². The van der Waals surface area contributed by atoms with Gasteiger partial charge in [0.05, 0.1) is 6.10 Å². The molecule has 0 aliphatic heterocycles. The summed E-state index contributed by atoms with van der Waals surface area (Å²) in [5, 5.41) is 11.8. The van der Waals surface area contributed by atoms with Crippen LogP contribution in [0, 0.1) is 5.82 Å². The molecule has 0 amide bonds. The van der Waals surface area contributed by atoms with E-state index in [1.807, 2.05) is 0 Å². The molecule has 0 saturated heterocycles. The molecule has 5 heteroatoms. The molecule has 18 heavy (non-hydrogen) atoms. The zero-order valence-electron chi connectivity index (χ0n) is 10.7. The van der Waals surface area contributed by atoms with E-state index in [2.05, 4.69) is 5.32 Å². The third-order valence-electron chi connectivity index (χ3n) is 2.88. The SMILES string of the molecule is CNC(C)(CC(C)Oc1ccccc1F)C(=O)O. The number of ether oxygens (including phenoxy) is 1. The van der Waals surface area contributed by atoms with E-state index in [1.54, 1.807) is 33.0 Å². The van der Waals surface area contributed by atoms with Crippen molar-refractivity contribution in [1.82, 2.24) is 5.32 Å². The van der Waals surface area contributed by atoms with Crippen molar-refractivity contribution in [1.29, 1.82) is 0 Å². The van der Waals surface area contributed by atoms with Crippen LogP contribution in [0.15, 0.2) is 24.3 Å². The topological polar surface area (TPSA) is 58.6 Å². The molecule has 0 fully saturated rings. The summed E-state index contributed by atoms with van der Waals surface area (Å²) in [4.78, 5) is 11.1. The van der Waals surface area contributed by atoms with Crippen molar-refractivity contribution in [3.05, 3.63) is 30.1 Å². The van der Waals surface area contributed by atoms with Gasteiger partial charge in [0.1, 0.15) is 5.54 Å². The minimum atomic E-state index is -1.09. The maximum absolute atomic E-state index is 13.4. The van der Waals surface area contributed by atoms with Gasteiger partial charge >= 0.3 is 5.97 Å². The van der Waals surface area contributed by atoms with Crippen molar-refractivity contribution in [3.8, 4) is 5.75 Å². The number of halogens is 1. The molecule has 0 radical (unpaired) electrons. The average Bonchev–Trinajstić information content (AvgIpc) is 2.31. The van der Waals surface area contributed by atoms with Crippen molar-refractivity contribution in [2.24, 2.45) is 0 Å². The van der Waals surface area contributed by atoms with Crippen LogP contribution >= 0.6 is 0 Å². The van der Waals surface area contributed by atoms with Crippen LogP contribution < -0.4 is 10.1 Å². The van der Waals surface area contributed by atoms with Gasteiger partial charge in [-0.25, -0.2) is 4.39 Å². The Kier molecular flexibility index (Phi) is 4.67. The van der Waals surface area contributed by atoms with E-state index in [9.17, 15) is 9.18 Å². The molecule has 1 rings (SSSR count). The molecule has 0 aromatic heterocycles. The van der Waals surface area contributed by atoms with Gasteiger partial charge in [-0.3, -0.25) is 4.79 Å². The highest BCUT2D eigenvalue weighted by Gasteiger charge is 2.33. The minimum Gasteiger partial charge on any atom is -0.488 e. The van der Waals surface area contributed by atoms with Crippen molar-refractivity contribution in [2.45, 2.75) is 31.9 Å². The summed E-state index contributed by atoms with van der Waals surface area (Å²) in [6.45, 7) is 3.28. The molecule has 1 aromatic rings. The van der Waals surface area contributed by atoms with Crippen LogP contribution in [0.4, 0.5) is 4.39 Å². The number of carboxylic acid groups (broad SMARTS) is 1. The number of benzene rings is 1. The van der Waals surface area contributed by atoms with Crippen LogP contribution in [0.25, 0.3) is 0 Å². The summed E-state index contributed by atoms with van der Waals surface area (Å²) >= 11 is 0. The Morgan fingerprint density at radius 1 is 1.56 bits per heavy atom. The second-order valence-corrected chi connectivity index (χ2v) is 4.45. The highest BCUT2D eigenvalue weighted by atomic mass is 19.1. The summed E-state index contributed by atoms with van der Waals surface area (Å²) < 4.78 is 18.8. The van der Waals surface area contributed by atoms with E-state index in [-0.39, 0.29) is 12.2 Å². The van der Waals surface area contributed by atoms with Crippen LogP contribution in [0.2, 0.25) is 0 Å². The molecule has 0 aliphatic carbocycles. The quantitative estimate of drug-likeness (QED) is 0.816. The Bertz CT molecular complexity index is 424. The average molecular weight is 255 g/mol. The lowest BCUT2D eigenvalue weighted by atomic mass is 9.95. The Balaban J connectivity index is 2.70. The van der Waals surface area contributed by atoms with Crippen LogP contribution in [0.3, 0.4) is 0 Å². The zero-order chi connectivity index (χ0) is 13.8. The number of para-hydroxylation sites is 1. The maximum atomic E-state index is 13.4. The summed E-state index contributed by atoms with van der Waals surface area (Å²) in [6.07, 6.45) is -0.192. The van der Waals surface area contributed by atoms with Crippen LogP contribution in [-0.2, 0) is 4.79 Å². The van der Waals surface area contributed by atoms with Gasteiger partial charge in [-0.05, 0) is 33.0 Å². The lowest BCUT2D eigenvalue weighted by Gasteiger charge is -2.27. The first-order chi connectivity index (χ1) is 8.39. The van der Waals surface area contributed by atoms with Gasteiger partial charge in [0.2, 0.25) is 0 Å². The fourth-order valence-corrected chi connectivity index (χ4v) is 1.67. The molecule has 100 valence electrons. The number of carbonyl (C=O) groups is 1. The summed E-state index contributed by atoms with van der Waals surface area (Å²) in [5.41, 5.74) is -1.09. The molecule has 2 N–H and O–H groups in total. The van der Waals surface area contributed by atoms with Gasteiger partial charge < -0.3 is 15.2 Å². The standard InChI is InChI=1S/C13H18FNO3/c1-9(8-13(2,15-3)12(16)17)18-11-7-5-4-6-10(11)14/h4-7,9,15H,8H2,1-3H3,(H,16,17). The molecular formula is C13H18FNO3. The van der Waals surface area contributed by atoms with Gasteiger partial charge in [-0.2, -0.15) is 0 Å². The Morgan fingerprint density at radius 2 is 2.17 bits per heavy atom. The first kappa shape index (κ1) is 14.4. The highest BCUT2D eigenvalue weighted by molar-refractivity contribution is 5.78. The predicted molar refractivity (Wildman–Crippen MR) is 66.2 cm³/mol. The van der Waals surface area contributed by atoms with Crippen LogP contribution in [-0.4, -0.2) is 29.8 Å². The second kappa shape index (κ2) is 5.82. The van der Waals surface area contributed by atoms with Gasteiger partial charge in [0, 0.05) is 6.42 Å². The number of carboxylic acids is 1. The number of likely N-dealkylation sites (N-methyl/N-ethyl adjacent to an activating group) is 1. The number of aliphatic carboxylic acids is 1. The van der Waals surface area contributed by atoms with E-state index in [0.29, 0.717) is 0 Å². The number of hydrogen-bond acceptors (Lipinski definition) is 3. The predicted octanol–water partition coefficient (Wildman–Crippen LogP) is 2.05. The molecule has 4 nitrogen and oxygen atoms in total. The Labute approximate surface area is 106 Å². The molecule has 0 spiro atoms. The largest absolute Gasteiger partial charge is 0.488 e. The van der Waals surface area contributed by atoms with Crippen molar-refractivity contribution < 1.29 is 19.0 Å². The number of nitrogens with one attached hydrogen (secondary N) is 1. The lowest BCUT2D eigenvalue weighted by Crippen LogP contribution is -2.50. The molecule has 2 unspecified atom stereocenters. The van der Waals surface area contributed by atoms with E-state index in [1.165, 1.54) is 12.1 Å². The normalized spacial score (nSPS) is 15.8. The van der Waals surface area contributed by atoms with Crippen molar-refractivity contribution in [3.63, 3.8) is 0 Å². The number of hydrogen-bond donors (Lipinski definition) is 2. The smallest absolute Gasteiger partial charge is 0.323 e. The second-order valence-electron chi connectivity index (χ2n) is 4.45. The van der Waals surface area contributed by atoms with E-state index in [0.717, 1.165) is 0 Å². The lowest BCUT2D eigenvalue weighted by molar-refractivity contribution is -0.145. The molecule has 0 heterocycles. The Hall–Kier alpha value is -1.62. The van der Waals surface area contributed by atoms with Gasteiger partial charge in [-0.15, -0.1) is 0 Å². The van der Waals surface area contributed by atoms with E-state index >= 15 is 0 Å². The maximum Gasteiger partial charge on any atom is 0.323 e. The molecule has 0 bridgehead atoms. The Morgan fingerprint density at radius 3 is 2.67 bits per heavy atom. The summed E-state index contributed by atoms with van der Waals surface area (Å²) in [7, 11) is 1.57. The number of rotatable bonds is 6. The minimum absolute atomic E-state index is 0.133. The fraction of sp³-hybridized carbons (Fsp3) is 0.462. The summed E-state index contributed by atoms with van der Waals surface area (Å²) in [6, 6.07) is 6.06. The zero-order valence-corrected chi connectivity index (χ0v) is 10.7. The van der Waals surface area contributed by atoms with Crippen molar-refractivity contribution in [2.75, 3.05) is 7.05 Å².